The SMILES string of the molecule is CN=C(NCCOc1ncc(C(F)(F)F)cc1Cl)N1CCC(C(=O)OC)CC1. The molecule has 0 aliphatic carbocycles. The van der Waals surface area contributed by atoms with Crippen molar-refractivity contribution in [1.29, 1.82) is 0 Å². The van der Waals surface area contributed by atoms with Crippen molar-refractivity contribution in [3.8, 4) is 5.88 Å². The van der Waals surface area contributed by atoms with Gasteiger partial charge in [-0.3, -0.25) is 9.79 Å². The molecule has 0 amide bonds. The number of methoxy groups -OCH3 is 1. The second kappa shape index (κ2) is 9.81. The molecule has 0 spiro atoms. The molecule has 1 aliphatic heterocycles. The van der Waals surface area contributed by atoms with E-state index < -0.39 is 11.7 Å². The second-order valence-electron chi connectivity index (χ2n) is 6.12. The van der Waals surface area contributed by atoms with Crippen LogP contribution in [0.3, 0.4) is 0 Å². The van der Waals surface area contributed by atoms with Crippen LogP contribution in [-0.2, 0) is 15.7 Å². The number of rotatable bonds is 5. The van der Waals surface area contributed by atoms with Crippen molar-refractivity contribution in [2.24, 2.45) is 10.9 Å². The van der Waals surface area contributed by atoms with Crippen LogP contribution in [0.15, 0.2) is 17.3 Å². The predicted octanol–water partition coefficient (Wildman–Crippen LogP) is 2.59. The zero-order valence-corrected chi connectivity index (χ0v) is 16.3. The lowest BCUT2D eigenvalue weighted by Crippen LogP contribution is -2.47. The molecule has 1 aromatic rings. The van der Waals surface area contributed by atoms with Crippen LogP contribution in [0, 0.1) is 5.92 Å². The lowest BCUT2D eigenvalue weighted by atomic mass is 9.97. The Kier molecular flexibility index (Phi) is 7.73. The summed E-state index contributed by atoms with van der Waals surface area (Å²) in [7, 11) is 3.02. The van der Waals surface area contributed by atoms with Crippen LogP contribution >= 0.6 is 11.6 Å². The van der Waals surface area contributed by atoms with E-state index in [0.717, 1.165) is 6.07 Å². The van der Waals surface area contributed by atoms with Gasteiger partial charge in [0.15, 0.2) is 5.96 Å². The van der Waals surface area contributed by atoms with Crippen molar-refractivity contribution >= 4 is 23.5 Å². The summed E-state index contributed by atoms with van der Waals surface area (Å²) in [5.74, 6) is 0.288. The Hall–Kier alpha value is -2.23. The monoisotopic (exact) mass is 422 g/mol. The first-order valence-corrected chi connectivity index (χ1v) is 9.03. The average molecular weight is 423 g/mol. The summed E-state index contributed by atoms with van der Waals surface area (Å²) in [4.78, 5) is 21.4. The lowest BCUT2D eigenvalue weighted by molar-refractivity contribution is -0.146. The Labute approximate surface area is 165 Å². The number of nitrogens with one attached hydrogen (secondary N) is 1. The number of hydrogen-bond donors (Lipinski definition) is 1. The van der Waals surface area contributed by atoms with Crippen molar-refractivity contribution in [1.82, 2.24) is 15.2 Å². The van der Waals surface area contributed by atoms with Crippen molar-refractivity contribution < 1.29 is 27.4 Å². The summed E-state index contributed by atoms with van der Waals surface area (Å²) in [5, 5.41) is 2.90. The fraction of sp³-hybridized carbons (Fsp3) is 0.588. The van der Waals surface area contributed by atoms with Gasteiger partial charge in [0.05, 0.1) is 25.1 Å². The summed E-state index contributed by atoms with van der Waals surface area (Å²) in [6.45, 7) is 1.80. The summed E-state index contributed by atoms with van der Waals surface area (Å²) in [6, 6.07) is 0.779. The minimum Gasteiger partial charge on any atom is -0.475 e. The Bertz CT molecular complexity index is 707. The summed E-state index contributed by atoms with van der Waals surface area (Å²) in [6.07, 6.45) is -2.48. The van der Waals surface area contributed by atoms with E-state index in [1.54, 1.807) is 7.05 Å². The molecule has 28 heavy (non-hydrogen) atoms. The predicted molar refractivity (Wildman–Crippen MR) is 97.4 cm³/mol. The zero-order chi connectivity index (χ0) is 20.7. The number of halogens is 4. The van der Waals surface area contributed by atoms with Crippen LogP contribution in [-0.4, -0.2) is 62.2 Å². The van der Waals surface area contributed by atoms with E-state index in [-0.39, 0.29) is 29.4 Å². The van der Waals surface area contributed by atoms with Crippen molar-refractivity contribution in [3.63, 3.8) is 0 Å². The molecule has 0 atom stereocenters. The molecule has 1 aliphatic rings. The number of ether oxygens (including phenoxy) is 2. The molecule has 7 nitrogen and oxygen atoms in total. The molecule has 0 radical (unpaired) electrons. The number of carbonyl (C=O) groups excluding carboxylic acids is 1. The van der Waals surface area contributed by atoms with Crippen molar-refractivity contribution in [2.75, 3.05) is 40.4 Å². The molecule has 0 bridgehead atoms. The maximum absolute atomic E-state index is 12.6. The van der Waals surface area contributed by atoms with E-state index in [9.17, 15) is 18.0 Å². The minimum absolute atomic E-state index is 0.0645. The van der Waals surface area contributed by atoms with Gasteiger partial charge in [0, 0.05) is 26.3 Å². The second-order valence-corrected chi connectivity index (χ2v) is 6.52. The molecule has 2 rings (SSSR count). The van der Waals surface area contributed by atoms with Crippen LogP contribution in [0.2, 0.25) is 5.02 Å². The lowest BCUT2D eigenvalue weighted by Gasteiger charge is -2.33. The minimum atomic E-state index is -4.51. The van der Waals surface area contributed by atoms with Gasteiger partial charge in [-0.05, 0) is 18.9 Å². The molecule has 2 heterocycles. The van der Waals surface area contributed by atoms with Crippen LogP contribution in [0.1, 0.15) is 18.4 Å². The van der Waals surface area contributed by atoms with Gasteiger partial charge in [0.25, 0.3) is 0 Å². The van der Waals surface area contributed by atoms with Gasteiger partial charge in [0.2, 0.25) is 5.88 Å². The first kappa shape index (κ1) is 22.1. The topological polar surface area (TPSA) is 76.1 Å². The molecule has 0 aromatic carbocycles. The standard InChI is InChI=1S/C17H22ClF3N4O3/c1-22-16(25-6-3-11(4-7-25)15(26)27-2)23-5-8-28-14-13(18)9-12(10-24-14)17(19,20)21/h9-11H,3-8H2,1-2H3,(H,22,23). The summed E-state index contributed by atoms with van der Waals surface area (Å²) < 4.78 is 47.9. The largest absolute Gasteiger partial charge is 0.475 e. The van der Waals surface area contributed by atoms with E-state index in [2.05, 4.69) is 15.3 Å². The fourth-order valence-electron chi connectivity index (χ4n) is 2.82. The number of carbonyl (C=O) groups is 1. The van der Waals surface area contributed by atoms with Crippen molar-refractivity contribution in [2.45, 2.75) is 19.0 Å². The number of alkyl halides is 3. The first-order valence-electron chi connectivity index (χ1n) is 8.65. The maximum atomic E-state index is 12.6. The highest BCUT2D eigenvalue weighted by molar-refractivity contribution is 6.31. The molecule has 156 valence electrons. The number of hydrogen-bond acceptors (Lipinski definition) is 5. The van der Waals surface area contributed by atoms with Crippen LogP contribution < -0.4 is 10.1 Å². The normalized spacial score (nSPS) is 16.1. The van der Waals surface area contributed by atoms with Gasteiger partial charge in [-0.1, -0.05) is 11.6 Å². The Morgan fingerprint density at radius 1 is 1.43 bits per heavy atom. The number of pyridine rings is 1. The Morgan fingerprint density at radius 3 is 2.64 bits per heavy atom. The number of piperidine rings is 1. The number of aromatic nitrogens is 1. The molecular formula is C17H22ClF3N4O3. The fourth-order valence-corrected chi connectivity index (χ4v) is 3.04. The van der Waals surface area contributed by atoms with E-state index >= 15 is 0 Å². The molecule has 1 fully saturated rings. The molecule has 1 N–H and O–H groups in total. The Balaban J connectivity index is 1.79. The number of guanidine groups is 1. The number of likely N-dealkylation sites (tertiary alicyclic amines) is 1. The zero-order valence-electron chi connectivity index (χ0n) is 15.6. The van der Waals surface area contributed by atoms with Gasteiger partial charge in [-0.2, -0.15) is 13.2 Å². The van der Waals surface area contributed by atoms with Gasteiger partial charge in [-0.15, -0.1) is 0 Å². The third kappa shape index (κ3) is 5.88. The highest BCUT2D eigenvalue weighted by Crippen LogP contribution is 2.33. The smallest absolute Gasteiger partial charge is 0.417 e. The maximum Gasteiger partial charge on any atom is 0.417 e. The van der Waals surface area contributed by atoms with Gasteiger partial charge in [0.1, 0.15) is 11.6 Å². The van der Waals surface area contributed by atoms with E-state index in [1.165, 1.54) is 7.11 Å². The average Bonchev–Trinajstić information content (AvgIpc) is 2.68. The third-order valence-corrected chi connectivity index (χ3v) is 4.57. The van der Waals surface area contributed by atoms with Gasteiger partial charge in [-0.25, -0.2) is 4.98 Å². The highest BCUT2D eigenvalue weighted by Gasteiger charge is 2.32. The van der Waals surface area contributed by atoms with E-state index in [0.29, 0.717) is 44.6 Å². The quantitative estimate of drug-likeness (QED) is 0.340. The van der Waals surface area contributed by atoms with Crippen molar-refractivity contribution in [3.05, 3.63) is 22.8 Å². The molecule has 1 aromatic heterocycles. The number of esters is 1. The van der Waals surface area contributed by atoms with Crippen LogP contribution in [0.25, 0.3) is 0 Å². The van der Waals surface area contributed by atoms with E-state index in [4.69, 9.17) is 21.1 Å². The van der Waals surface area contributed by atoms with Gasteiger partial charge >= 0.3 is 12.1 Å². The highest BCUT2D eigenvalue weighted by atomic mass is 35.5. The van der Waals surface area contributed by atoms with Crippen LogP contribution in [0.4, 0.5) is 13.2 Å². The third-order valence-electron chi connectivity index (χ3n) is 4.30. The number of aliphatic imine (C=N–C) groups is 1. The summed E-state index contributed by atoms with van der Waals surface area (Å²) in [5.41, 5.74) is -0.932. The molecular weight excluding hydrogens is 401 g/mol. The molecule has 1 saturated heterocycles. The molecule has 0 unspecified atom stereocenters. The molecule has 11 heteroatoms. The van der Waals surface area contributed by atoms with Gasteiger partial charge < -0.3 is 19.7 Å². The Morgan fingerprint density at radius 2 is 2.11 bits per heavy atom. The number of nitrogens with zero attached hydrogens (tertiary/aromatic N) is 3. The van der Waals surface area contributed by atoms with Crippen LogP contribution in [0.5, 0.6) is 5.88 Å². The van der Waals surface area contributed by atoms with E-state index in [1.807, 2.05) is 4.90 Å². The first-order chi connectivity index (χ1) is 13.3. The molecule has 0 saturated carbocycles. The summed E-state index contributed by atoms with van der Waals surface area (Å²) >= 11 is 5.80.